The molecule has 0 radical (unpaired) electrons. The first-order chi connectivity index (χ1) is 6.20. The summed E-state index contributed by atoms with van der Waals surface area (Å²) in [5.74, 6) is 0.0488. The Morgan fingerprint density at radius 3 is 3.00 bits per heavy atom. The summed E-state index contributed by atoms with van der Waals surface area (Å²) in [6.45, 7) is 0. The van der Waals surface area contributed by atoms with Crippen molar-refractivity contribution in [3.8, 4) is 0 Å². The highest BCUT2D eigenvalue weighted by molar-refractivity contribution is 7.98. The zero-order valence-electron chi connectivity index (χ0n) is 7.26. The molecule has 0 spiro atoms. The van der Waals surface area contributed by atoms with Crippen molar-refractivity contribution in [1.29, 1.82) is 0 Å². The first-order valence-corrected chi connectivity index (χ1v) is 5.19. The second kappa shape index (κ2) is 2.96. The summed E-state index contributed by atoms with van der Waals surface area (Å²) in [5, 5.41) is 2.79. The molecule has 3 nitrogen and oxygen atoms in total. The maximum Gasteiger partial charge on any atom is 0.228 e. The van der Waals surface area contributed by atoms with Crippen LogP contribution in [0.5, 0.6) is 0 Å². The van der Waals surface area contributed by atoms with Crippen LogP contribution in [-0.4, -0.2) is 12.2 Å². The topological polar surface area (TPSA) is 55.1 Å². The van der Waals surface area contributed by atoms with E-state index in [0.29, 0.717) is 6.42 Å². The molecule has 4 heteroatoms. The number of hydrogen-bond donors (Lipinski definition) is 2. The van der Waals surface area contributed by atoms with Gasteiger partial charge in [-0.2, -0.15) is 0 Å². The number of hydrogen-bond acceptors (Lipinski definition) is 3. The number of anilines is 2. The van der Waals surface area contributed by atoms with Crippen molar-refractivity contribution in [3.05, 3.63) is 17.7 Å². The Hall–Kier alpha value is -1.16. The number of carbonyl (C=O) groups excluding carboxylic acids is 1. The van der Waals surface area contributed by atoms with E-state index in [4.69, 9.17) is 5.73 Å². The molecule has 0 saturated heterocycles. The van der Waals surface area contributed by atoms with E-state index >= 15 is 0 Å². The summed E-state index contributed by atoms with van der Waals surface area (Å²) in [6.07, 6.45) is 2.42. The van der Waals surface area contributed by atoms with Crippen LogP contribution in [-0.2, 0) is 11.2 Å². The molecule has 0 unspecified atom stereocenters. The summed E-state index contributed by atoms with van der Waals surface area (Å²) < 4.78 is 0. The fourth-order valence-electron chi connectivity index (χ4n) is 1.45. The maximum absolute atomic E-state index is 11.1. The Morgan fingerprint density at radius 1 is 1.54 bits per heavy atom. The molecule has 1 aromatic carbocycles. The van der Waals surface area contributed by atoms with Crippen LogP contribution in [0.4, 0.5) is 11.4 Å². The highest BCUT2D eigenvalue weighted by atomic mass is 32.2. The molecule has 1 amide bonds. The number of fused-ring (bicyclic) bond motifs is 1. The number of nitrogens with one attached hydrogen (secondary N) is 1. The van der Waals surface area contributed by atoms with Gasteiger partial charge in [0, 0.05) is 16.3 Å². The molecule has 1 aliphatic rings. The van der Waals surface area contributed by atoms with Crippen molar-refractivity contribution in [2.75, 3.05) is 17.3 Å². The van der Waals surface area contributed by atoms with E-state index in [1.54, 1.807) is 11.8 Å². The van der Waals surface area contributed by atoms with E-state index < -0.39 is 0 Å². The average Bonchev–Trinajstić information content (AvgIpc) is 2.42. The molecule has 0 saturated carbocycles. The second-order valence-corrected chi connectivity index (χ2v) is 3.82. The van der Waals surface area contributed by atoms with E-state index in [1.807, 2.05) is 18.4 Å². The molecule has 13 heavy (non-hydrogen) atoms. The van der Waals surface area contributed by atoms with Crippen LogP contribution in [0.15, 0.2) is 17.0 Å². The number of amides is 1. The molecular weight excluding hydrogens is 184 g/mol. The van der Waals surface area contributed by atoms with Crippen molar-refractivity contribution in [2.24, 2.45) is 0 Å². The smallest absolute Gasteiger partial charge is 0.228 e. The minimum Gasteiger partial charge on any atom is -0.398 e. The predicted molar refractivity (Wildman–Crippen MR) is 55.0 cm³/mol. The van der Waals surface area contributed by atoms with Crippen molar-refractivity contribution in [3.63, 3.8) is 0 Å². The number of nitrogen functional groups attached to an aromatic ring is 1. The molecule has 1 aliphatic heterocycles. The Bertz CT molecular complexity index is 376. The van der Waals surface area contributed by atoms with Gasteiger partial charge in [-0.25, -0.2) is 0 Å². The summed E-state index contributed by atoms with van der Waals surface area (Å²) in [7, 11) is 0. The first-order valence-electron chi connectivity index (χ1n) is 3.97. The van der Waals surface area contributed by atoms with E-state index in [1.165, 1.54) is 0 Å². The summed E-state index contributed by atoms with van der Waals surface area (Å²) in [4.78, 5) is 12.1. The van der Waals surface area contributed by atoms with E-state index in [-0.39, 0.29) is 5.91 Å². The minimum absolute atomic E-state index is 0.0488. The number of carbonyl (C=O) groups is 1. The van der Waals surface area contributed by atoms with Crippen molar-refractivity contribution in [2.45, 2.75) is 11.3 Å². The van der Waals surface area contributed by atoms with Gasteiger partial charge in [0.15, 0.2) is 0 Å². The minimum atomic E-state index is 0.0488. The fraction of sp³-hybridized carbons (Fsp3) is 0.222. The second-order valence-electron chi connectivity index (χ2n) is 2.98. The third-order valence-electron chi connectivity index (χ3n) is 2.08. The largest absolute Gasteiger partial charge is 0.398 e. The van der Waals surface area contributed by atoms with Gasteiger partial charge in [-0.1, -0.05) is 0 Å². The molecule has 0 aliphatic carbocycles. The lowest BCUT2D eigenvalue weighted by Crippen LogP contribution is -2.03. The number of benzene rings is 1. The monoisotopic (exact) mass is 194 g/mol. The van der Waals surface area contributed by atoms with Crippen LogP contribution in [0.2, 0.25) is 0 Å². The molecule has 0 fully saturated rings. The van der Waals surface area contributed by atoms with Crippen LogP contribution in [0.25, 0.3) is 0 Å². The van der Waals surface area contributed by atoms with Crippen molar-refractivity contribution >= 4 is 29.0 Å². The molecule has 0 bridgehead atoms. The summed E-state index contributed by atoms with van der Waals surface area (Å²) in [5.41, 5.74) is 8.45. The lowest BCUT2D eigenvalue weighted by molar-refractivity contribution is -0.115. The van der Waals surface area contributed by atoms with Gasteiger partial charge in [0.05, 0.1) is 6.42 Å². The molecular formula is C9H10N2OS. The van der Waals surface area contributed by atoms with Crippen LogP contribution >= 0.6 is 11.8 Å². The Balaban J connectivity index is 2.50. The fourth-order valence-corrected chi connectivity index (χ4v) is 1.98. The van der Waals surface area contributed by atoms with Gasteiger partial charge in [-0.05, 0) is 24.0 Å². The van der Waals surface area contributed by atoms with Gasteiger partial charge >= 0.3 is 0 Å². The summed E-state index contributed by atoms with van der Waals surface area (Å²) in [6, 6.07) is 3.80. The molecule has 3 N–H and O–H groups in total. The Morgan fingerprint density at radius 2 is 2.31 bits per heavy atom. The molecule has 68 valence electrons. The van der Waals surface area contributed by atoms with Gasteiger partial charge in [0.2, 0.25) is 5.91 Å². The standard InChI is InChI=1S/C9H10N2OS/c1-13-8-4-7-5(2-6(8)10)3-9(12)11-7/h2,4H,3,10H2,1H3,(H,11,12). The van der Waals surface area contributed by atoms with Gasteiger partial charge in [-0.15, -0.1) is 11.8 Å². The van der Waals surface area contributed by atoms with Crippen LogP contribution in [0.1, 0.15) is 5.56 Å². The molecule has 2 rings (SSSR count). The van der Waals surface area contributed by atoms with Gasteiger partial charge in [0.25, 0.3) is 0 Å². The average molecular weight is 194 g/mol. The highest BCUT2D eigenvalue weighted by Crippen LogP contribution is 2.32. The van der Waals surface area contributed by atoms with Crippen molar-refractivity contribution < 1.29 is 4.79 Å². The van der Waals surface area contributed by atoms with Crippen molar-refractivity contribution in [1.82, 2.24) is 0 Å². The SMILES string of the molecule is CSc1cc2c(cc1N)CC(=O)N2. The Kier molecular flexibility index (Phi) is 1.92. The zero-order chi connectivity index (χ0) is 9.42. The van der Waals surface area contributed by atoms with E-state index in [2.05, 4.69) is 5.32 Å². The van der Waals surface area contributed by atoms with Gasteiger partial charge < -0.3 is 11.1 Å². The lowest BCUT2D eigenvalue weighted by atomic mass is 10.1. The Labute approximate surface area is 80.7 Å². The predicted octanol–water partition coefficient (Wildman–Crippen LogP) is 1.49. The first kappa shape index (κ1) is 8.44. The molecule has 1 heterocycles. The normalized spacial score (nSPS) is 14.1. The number of rotatable bonds is 1. The molecule has 0 atom stereocenters. The van der Waals surface area contributed by atoms with Gasteiger partial charge in [-0.3, -0.25) is 4.79 Å². The highest BCUT2D eigenvalue weighted by Gasteiger charge is 2.18. The third-order valence-corrected chi connectivity index (χ3v) is 2.87. The zero-order valence-corrected chi connectivity index (χ0v) is 8.07. The van der Waals surface area contributed by atoms with E-state index in [0.717, 1.165) is 21.8 Å². The van der Waals surface area contributed by atoms with Crippen LogP contribution < -0.4 is 11.1 Å². The van der Waals surface area contributed by atoms with Crippen LogP contribution in [0, 0.1) is 0 Å². The van der Waals surface area contributed by atoms with Crippen LogP contribution in [0.3, 0.4) is 0 Å². The molecule has 1 aromatic rings. The summed E-state index contributed by atoms with van der Waals surface area (Å²) >= 11 is 1.59. The number of nitrogens with two attached hydrogens (primary N) is 1. The number of thioether (sulfide) groups is 1. The third kappa shape index (κ3) is 1.37. The lowest BCUT2D eigenvalue weighted by Gasteiger charge is -2.05. The quantitative estimate of drug-likeness (QED) is 0.526. The van der Waals surface area contributed by atoms with E-state index in [9.17, 15) is 4.79 Å². The maximum atomic E-state index is 11.1. The molecule has 0 aromatic heterocycles. The van der Waals surface area contributed by atoms with Gasteiger partial charge in [0.1, 0.15) is 0 Å².